The number of rotatable bonds is 2. The summed E-state index contributed by atoms with van der Waals surface area (Å²) in [6.45, 7) is 1.98. The van der Waals surface area contributed by atoms with E-state index in [4.69, 9.17) is 4.42 Å². The van der Waals surface area contributed by atoms with Gasteiger partial charge >= 0.3 is 0 Å². The highest BCUT2D eigenvalue weighted by atomic mass is 79.9. The summed E-state index contributed by atoms with van der Waals surface area (Å²) in [6, 6.07) is 3.88. The van der Waals surface area contributed by atoms with Crippen LogP contribution in [0.25, 0.3) is 0 Å². The van der Waals surface area contributed by atoms with Crippen LogP contribution in [0.5, 0.6) is 0 Å². The van der Waals surface area contributed by atoms with Gasteiger partial charge in [-0.3, -0.25) is 4.99 Å². The van der Waals surface area contributed by atoms with Crippen LogP contribution in [-0.4, -0.2) is 18.3 Å². The number of hydrogen-bond acceptors (Lipinski definition) is 4. The average Bonchev–Trinajstić information content (AvgIpc) is 2.63. The molecule has 0 fully saturated rings. The van der Waals surface area contributed by atoms with Crippen molar-refractivity contribution in [2.45, 2.75) is 12.2 Å². The van der Waals surface area contributed by atoms with E-state index in [2.05, 4.69) is 26.2 Å². The maximum atomic E-state index is 5.39. The van der Waals surface area contributed by atoms with Gasteiger partial charge in [0.25, 0.3) is 0 Å². The molecule has 2 rings (SSSR count). The van der Waals surface area contributed by atoms with Gasteiger partial charge < -0.3 is 9.73 Å². The molecule has 14 heavy (non-hydrogen) atoms. The van der Waals surface area contributed by atoms with Crippen LogP contribution in [0, 0.1) is 0 Å². The second-order valence-corrected chi connectivity index (χ2v) is 4.71. The summed E-state index contributed by atoms with van der Waals surface area (Å²) in [4.78, 5) is 4.37. The highest BCUT2D eigenvalue weighted by molar-refractivity contribution is 9.10. The summed E-state index contributed by atoms with van der Waals surface area (Å²) in [5, 5.41) is 4.29. The van der Waals surface area contributed by atoms with E-state index >= 15 is 0 Å². The minimum absolute atomic E-state index is 0.784. The fourth-order valence-corrected chi connectivity index (χ4v) is 2.34. The third-order valence-corrected chi connectivity index (χ3v) is 3.25. The van der Waals surface area contributed by atoms with Gasteiger partial charge in [-0.05, 0) is 34.5 Å². The molecule has 76 valence electrons. The van der Waals surface area contributed by atoms with Crippen molar-refractivity contribution in [2.24, 2.45) is 4.99 Å². The molecule has 1 N–H and O–H groups in total. The lowest BCUT2D eigenvalue weighted by atomic mass is 10.4. The fraction of sp³-hybridized carbons (Fsp3) is 0.444. The Kier molecular flexibility index (Phi) is 3.53. The molecule has 0 amide bonds. The second kappa shape index (κ2) is 4.89. The molecule has 2 heterocycles. The molecule has 1 aliphatic rings. The third kappa shape index (κ3) is 2.78. The van der Waals surface area contributed by atoms with Crippen molar-refractivity contribution >= 4 is 32.9 Å². The van der Waals surface area contributed by atoms with E-state index in [1.807, 2.05) is 12.1 Å². The molecule has 0 saturated carbocycles. The maximum absolute atomic E-state index is 5.39. The van der Waals surface area contributed by atoms with E-state index in [0.29, 0.717) is 0 Å². The van der Waals surface area contributed by atoms with Crippen molar-refractivity contribution in [2.75, 3.05) is 13.1 Å². The number of hydrogen-bond donors (Lipinski definition) is 1. The number of furan rings is 1. The van der Waals surface area contributed by atoms with Crippen molar-refractivity contribution < 1.29 is 4.42 Å². The minimum Gasteiger partial charge on any atom is -0.453 e. The molecule has 0 bridgehead atoms. The molecule has 3 nitrogen and oxygen atoms in total. The van der Waals surface area contributed by atoms with Crippen LogP contribution in [-0.2, 0) is 5.75 Å². The molecule has 0 radical (unpaired) electrons. The Bertz CT molecular complexity index is 337. The number of nitrogens with zero attached hydrogens (tertiary/aromatic N) is 1. The number of halogens is 1. The van der Waals surface area contributed by atoms with Gasteiger partial charge in [-0.1, -0.05) is 11.8 Å². The smallest absolute Gasteiger partial charge is 0.169 e. The Hall–Kier alpha value is -0.420. The summed E-state index contributed by atoms with van der Waals surface area (Å²) < 4.78 is 6.17. The van der Waals surface area contributed by atoms with Crippen molar-refractivity contribution in [3.8, 4) is 0 Å². The molecule has 0 aliphatic carbocycles. The Labute approximate surface area is 95.5 Å². The molecular weight excluding hydrogens is 264 g/mol. The summed E-state index contributed by atoms with van der Waals surface area (Å²) >= 11 is 4.96. The molecule has 0 unspecified atom stereocenters. The lowest BCUT2D eigenvalue weighted by Gasteiger charge is -2.12. The summed E-state index contributed by atoms with van der Waals surface area (Å²) in [7, 11) is 0. The zero-order chi connectivity index (χ0) is 9.80. The second-order valence-electron chi connectivity index (χ2n) is 2.96. The number of thioether (sulfide) groups is 1. The first kappa shape index (κ1) is 10.1. The van der Waals surface area contributed by atoms with Gasteiger partial charge in [0.1, 0.15) is 5.76 Å². The third-order valence-electron chi connectivity index (χ3n) is 1.85. The van der Waals surface area contributed by atoms with Crippen molar-refractivity contribution in [3.63, 3.8) is 0 Å². The predicted molar refractivity (Wildman–Crippen MR) is 62.6 cm³/mol. The Morgan fingerprint density at radius 1 is 1.57 bits per heavy atom. The lowest BCUT2D eigenvalue weighted by molar-refractivity contribution is 0.507. The predicted octanol–water partition coefficient (Wildman–Crippen LogP) is 2.62. The number of amidine groups is 1. The molecule has 5 heteroatoms. The highest BCUT2D eigenvalue weighted by Crippen LogP contribution is 2.19. The van der Waals surface area contributed by atoms with Crippen molar-refractivity contribution in [1.29, 1.82) is 0 Å². The first-order chi connectivity index (χ1) is 6.84. The monoisotopic (exact) mass is 274 g/mol. The molecule has 1 aromatic heterocycles. The summed E-state index contributed by atoms with van der Waals surface area (Å²) in [5.41, 5.74) is 0. The zero-order valence-corrected chi connectivity index (χ0v) is 10.0. The van der Waals surface area contributed by atoms with Crippen LogP contribution < -0.4 is 5.32 Å². The van der Waals surface area contributed by atoms with Crippen LogP contribution in [0.3, 0.4) is 0 Å². The van der Waals surface area contributed by atoms with Gasteiger partial charge in [-0.15, -0.1) is 0 Å². The summed E-state index contributed by atoms with van der Waals surface area (Å²) in [6.07, 6.45) is 1.14. The Morgan fingerprint density at radius 3 is 3.14 bits per heavy atom. The normalized spacial score (nSPS) is 16.2. The molecule has 0 aromatic carbocycles. The SMILES string of the molecule is Brc1ccc(CSC2=NCCCN2)o1. The average molecular weight is 275 g/mol. The maximum Gasteiger partial charge on any atom is 0.169 e. The molecule has 0 atom stereocenters. The van der Waals surface area contributed by atoms with Gasteiger partial charge in [0.15, 0.2) is 9.84 Å². The van der Waals surface area contributed by atoms with Gasteiger partial charge in [-0.2, -0.15) is 0 Å². The van der Waals surface area contributed by atoms with Gasteiger partial charge in [0, 0.05) is 13.1 Å². The van der Waals surface area contributed by atoms with Crippen LogP contribution in [0.1, 0.15) is 12.2 Å². The van der Waals surface area contributed by atoms with Gasteiger partial charge in [0.2, 0.25) is 0 Å². The minimum atomic E-state index is 0.784. The summed E-state index contributed by atoms with van der Waals surface area (Å²) in [5.74, 6) is 1.80. The van der Waals surface area contributed by atoms with E-state index in [1.165, 1.54) is 0 Å². The van der Waals surface area contributed by atoms with Gasteiger partial charge in [-0.25, -0.2) is 0 Å². The standard InChI is InChI=1S/C9H11BrN2OS/c10-8-3-2-7(13-8)6-14-9-11-4-1-5-12-9/h2-3H,1,4-6H2,(H,11,12). The Balaban J connectivity index is 1.84. The zero-order valence-electron chi connectivity index (χ0n) is 7.62. The van der Waals surface area contributed by atoms with E-state index in [0.717, 1.165) is 40.9 Å². The quantitative estimate of drug-likeness (QED) is 0.901. The molecule has 0 spiro atoms. The van der Waals surface area contributed by atoms with E-state index in [-0.39, 0.29) is 0 Å². The van der Waals surface area contributed by atoms with E-state index in [9.17, 15) is 0 Å². The van der Waals surface area contributed by atoms with E-state index < -0.39 is 0 Å². The number of nitrogens with one attached hydrogen (secondary N) is 1. The fourth-order valence-electron chi connectivity index (χ4n) is 1.18. The first-order valence-electron chi connectivity index (χ1n) is 4.50. The Morgan fingerprint density at radius 2 is 2.50 bits per heavy atom. The van der Waals surface area contributed by atoms with Crippen LogP contribution in [0.15, 0.2) is 26.2 Å². The largest absolute Gasteiger partial charge is 0.453 e. The lowest BCUT2D eigenvalue weighted by Crippen LogP contribution is -2.26. The first-order valence-corrected chi connectivity index (χ1v) is 6.28. The molecular formula is C9H11BrN2OS. The number of aliphatic imine (C=N–C) groups is 1. The van der Waals surface area contributed by atoms with Crippen molar-refractivity contribution in [1.82, 2.24) is 5.32 Å². The molecule has 0 saturated heterocycles. The van der Waals surface area contributed by atoms with Crippen LogP contribution >= 0.6 is 27.7 Å². The van der Waals surface area contributed by atoms with Crippen LogP contribution in [0.2, 0.25) is 0 Å². The van der Waals surface area contributed by atoms with Crippen molar-refractivity contribution in [3.05, 3.63) is 22.6 Å². The van der Waals surface area contributed by atoms with Crippen LogP contribution in [0.4, 0.5) is 0 Å². The molecule has 1 aliphatic heterocycles. The topological polar surface area (TPSA) is 37.5 Å². The highest BCUT2D eigenvalue weighted by Gasteiger charge is 2.06. The molecule has 1 aromatic rings. The van der Waals surface area contributed by atoms with Gasteiger partial charge in [0.05, 0.1) is 5.75 Å². The van der Waals surface area contributed by atoms with E-state index in [1.54, 1.807) is 11.8 Å².